The van der Waals surface area contributed by atoms with Crippen molar-refractivity contribution in [2.45, 2.75) is 137 Å². The normalized spacial score (nSPS) is 14.3. The molecule has 12 heteroatoms. The van der Waals surface area contributed by atoms with Gasteiger partial charge in [-0.15, -0.1) is 0 Å². The summed E-state index contributed by atoms with van der Waals surface area (Å²) >= 11 is 0. The molecule has 0 aliphatic heterocycles. The lowest BCUT2D eigenvalue weighted by molar-refractivity contribution is -0.148. The lowest BCUT2D eigenvalue weighted by Crippen LogP contribution is -2.57. The van der Waals surface area contributed by atoms with E-state index < -0.39 is 65.9 Å². The van der Waals surface area contributed by atoms with Crippen LogP contribution in [-0.4, -0.2) is 67.7 Å². The van der Waals surface area contributed by atoms with E-state index in [2.05, 4.69) is 10.6 Å². The Hall–Kier alpha value is -3.38. The fourth-order valence-electron chi connectivity index (χ4n) is 4.81. The highest BCUT2D eigenvalue weighted by molar-refractivity contribution is 6.72. The van der Waals surface area contributed by atoms with Crippen LogP contribution in [0.4, 0.5) is 4.79 Å². The first-order valence-electron chi connectivity index (χ1n) is 15.9. The predicted molar refractivity (Wildman–Crippen MR) is 185 cm³/mol. The van der Waals surface area contributed by atoms with Crippen molar-refractivity contribution in [1.29, 1.82) is 0 Å². The summed E-state index contributed by atoms with van der Waals surface area (Å²) in [4.78, 5) is 63.4. The second-order valence-electron chi connectivity index (χ2n) is 16.1. The van der Waals surface area contributed by atoms with Crippen LogP contribution in [0.5, 0.6) is 5.75 Å². The number of methoxy groups -OCH3 is 1. The number of rotatable bonds is 11. The van der Waals surface area contributed by atoms with Gasteiger partial charge in [0.05, 0.1) is 7.11 Å². The maximum atomic E-state index is 13.6. The number of hydrogen-bond donors (Lipinski definition) is 3. The SMILES string of the molecule is COC(=O)[C@@H](NC(=O)[C@H](Cc1ccc(O[Si](O)(C(C)(C)C)C(C)(C)C)c(/C=C/C(=O)OC(C)(C)C)c1)NC(=O)OC(C)(C)C)C(C)C. The zero-order valence-electron chi connectivity index (χ0n) is 31.0. The number of benzene rings is 1. The number of esters is 2. The number of carbonyl (C=O) groups is 4. The van der Waals surface area contributed by atoms with Gasteiger partial charge < -0.3 is 34.1 Å². The standard InChI is InChI=1S/C35H58N2O9Si/c1-22(2)28(30(40)43-15)37-29(39)25(36-31(41)45-33(6,7)8)21-23-16-18-26(46-47(42,34(9,10)11)35(12,13)14)24(20-23)17-19-27(38)44-32(3,4)5/h16-20,22,25,28,42H,21H2,1-15H3,(H,36,41)(H,37,39)/b19-17+/t25-,28-/m0/s1. The number of ether oxygens (including phenoxy) is 3. The van der Waals surface area contributed by atoms with E-state index in [0.717, 1.165) is 0 Å². The maximum Gasteiger partial charge on any atom is 0.408 e. The van der Waals surface area contributed by atoms with Gasteiger partial charge in [-0.3, -0.25) is 4.79 Å². The van der Waals surface area contributed by atoms with Gasteiger partial charge in [0.25, 0.3) is 0 Å². The lowest BCUT2D eigenvalue weighted by Gasteiger charge is -2.45. The molecule has 47 heavy (non-hydrogen) atoms. The van der Waals surface area contributed by atoms with E-state index in [1.165, 1.54) is 19.3 Å². The molecule has 0 unspecified atom stereocenters. The number of alkyl carbamates (subject to hydrolysis) is 1. The third-order valence-corrected chi connectivity index (χ3v) is 11.6. The predicted octanol–water partition coefficient (Wildman–Crippen LogP) is 6.20. The van der Waals surface area contributed by atoms with E-state index >= 15 is 0 Å². The zero-order valence-corrected chi connectivity index (χ0v) is 32.0. The van der Waals surface area contributed by atoms with E-state index in [0.29, 0.717) is 16.9 Å². The third kappa shape index (κ3) is 13.0. The number of amides is 2. The summed E-state index contributed by atoms with van der Waals surface area (Å²) < 4.78 is 22.2. The second kappa shape index (κ2) is 15.7. The molecule has 0 aliphatic carbocycles. The van der Waals surface area contributed by atoms with Gasteiger partial charge in [-0.2, -0.15) is 0 Å². The molecule has 0 spiro atoms. The van der Waals surface area contributed by atoms with Gasteiger partial charge in [-0.1, -0.05) is 61.5 Å². The van der Waals surface area contributed by atoms with Crippen LogP contribution in [0.2, 0.25) is 10.1 Å². The van der Waals surface area contributed by atoms with E-state index in [9.17, 15) is 24.0 Å². The van der Waals surface area contributed by atoms with Gasteiger partial charge in [-0.25, -0.2) is 14.4 Å². The molecule has 0 bridgehead atoms. The molecule has 0 aliphatic rings. The molecule has 0 saturated heterocycles. The second-order valence-corrected chi connectivity index (χ2v) is 20.6. The van der Waals surface area contributed by atoms with Crippen molar-refractivity contribution in [1.82, 2.24) is 10.6 Å². The van der Waals surface area contributed by atoms with Gasteiger partial charge in [0.2, 0.25) is 5.91 Å². The minimum atomic E-state index is -3.51. The van der Waals surface area contributed by atoms with E-state index in [1.807, 2.05) is 41.5 Å². The quantitative estimate of drug-likeness (QED) is 0.108. The highest BCUT2D eigenvalue weighted by atomic mass is 28.4. The molecule has 0 saturated carbocycles. The highest BCUT2D eigenvalue weighted by Crippen LogP contribution is 2.50. The minimum absolute atomic E-state index is 0.00907. The smallest absolute Gasteiger partial charge is 0.408 e. The van der Waals surface area contributed by atoms with Crippen molar-refractivity contribution in [3.63, 3.8) is 0 Å². The van der Waals surface area contributed by atoms with Gasteiger partial charge in [0.15, 0.2) is 0 Å². The Labute approximate surface area is 282 Å². The van der Waals surface area contributed by atoms with Crippen molar-refractivity contribution in [3.8, 4) is 5.75 Å². The molecule has 1 aromatic rings. The first-order valence-corrected chi connectivity index (χ1v) is 17.8. The van der Waals surface area contributed by atoms with E-state index in [4.69, 9.17) is 18.6 Å². The Morgan fingerprint density at radius 1 is 0.851 bits per heavy atom. The van der Waals surface area contributed by atoms with Crippen LogP contribution in [-0.2, 0) is 35.0 Å². The molecule has 0 radical (unpaired) electrons. The summed E-state index contributed by atoms with van der Waals surface area (Å²) in [5.74, 6) is -1.75. The summed E-state index contributed by atoms with van der Waals surface area (Å²) in [7, 11) is -2.27. The van der Waals surface area contributed by atoms with E-state index in [1.54, 1.807) is 73.6 Å². The monoisotopic (exact) mass is 678 g/mol. The summed E-state index contributed by atoms with van der Waals surface area (Å²) in [5.41, 5.74) is -0.482. The van der Waals surface area contributed by atoms with Crippen molar-refractivity contribution < 1.29 is 42.6 Å². The summed E-state index contributed by atoms with van der Waals surface area (Å²) in [6.07, 6.45) is 1.99. The van der Waals surface area contributed by atoms with Crippen LogP contribution in [0.15, 0.2) is 24.3 Å². The summed E-state index contributed by atoms with van der Waals surface area (Å²) in [5, 5.41) is 4.17. The van der Waals surface area contributed by atoms with Crippen LogP contribution in [0.1, 0.15) is 108 Å². The average Bonchev–Trinajstić information content (AvgIpc) is 2.87. The van der Waals surface area contributed by atoms with Crippen molar-refractivity contribution in [2.24, 2.45) is 5.92 Å². The van der Waals surface area contributed by atoms with Gasteiger partial charge in [0, 0.05) is 28.1 Å². The molecule has 1 aromatic carbocycles. The Bertz CT molecular complexity index is 1280. The van der Waals surface area contributed by atoms with Crippen LogP contribution < -0.4 is 15.1 Å². The first kappa shape index (κ1) is 41.6. The third-order valence-electron chi connectivity index (χ3n) is 7.04. The summed E-state index contributed by atoms with van der Waals surface area (Å²) in [6, 6.07) is 3.01. The molecule has 11 nitrogen and oxygen atoms in total. The van der Waals surface area contributed by atoms with Crippen molar-refractivity contribution in [2.75, 3.05) is 7.11 Å². The van der Waals surface area contributed by atoms with Crippen LogP contribution in [0.25, 0.3) is 6.08 Å². The molecule has 3 N–H and O–H groups in total. The maximum absolute atomic E-state index is 13.6. The lowest BCUT2D eigenvalue weighted by atomic mass is 10.00. The molecule has 0 fully saturated rings. The van der Waals surface area contributed by atoms with Gasteiger partial charge >= 0.3 is 26.6 Å². The number of carbonyl (C=O) groups excluding carboxylic acids is 4. The Morgan fingerprint density at radius 3 is 1.83 bits per heavy atom. The van der Waals surface area contributed by atoms with Gasteiger partial charge in [-0.05, 0) is 71.2 Å². The first-order chi connectivity index (χ1) is 21.1. The molecule has 1 rings (SSSR count). The van der Waals surface area contributed by atoms with Gasteiger partial charge in [0.1, 0.15) is 29.0 Å². The largest absolute Gasteiger partial charge is 0.519 e. The van der Waals surface area contributed by atoms with Crippen LogP contribution in [0, 0.1) is 5.92 Å². The molecular weight excluding hydrogens is 620 g/mol. The molecule has 266 valence electrons. The topological polar surface area (TPSA) is 149 Å². The van der Waals surface area contributed by atoms with Crippen LogP contribution >= 0.6 is 0 Å². The average molecular weight is 679 g/mol. The van der Waals surface area contributed by atoms with Crippen molar-refractivity contribution >= 4 is 38.6 Å². The Kier molecular flexibility index (Phi) is 13.9. The minimum Gasteiger partial charge on any atom is -0.519 e. The van der Waals surface area contributed by atoms with Crippen molar-refractivity contribution in [3.05, 3.63) is 35.4 Å². The Balaban J connectivity index is 3.71. The number of nitrogens with one attached hydrogen (secondary N) is 2. The fourth-order valence-corrected chi connectivity index (χ4v) is 8.17. The molecule has 2 amide bonds. The fraction of sp³-hybridized carbons (Fsp3) is 0.657. The zero-order chi connectivity index (χ0) is 36.8. The Morgan fingerprint density at radius 2 is 1.38 bits per heavy atom. The molecular formula is C35H58N2O9Si. The van der Waals surface area contributed by atoms with E-state index in [-0.39, 0.29) is 12.3 Å². The molecule has 0 heterocycles. The van der Waals surface area contributed by atoms with Crippen LogP contribution in [0.3, 0.4) is 0 Å². The highest BCUT2D eigenvalue weighted by Gasteiger charge is 2.57. The number of hydrogen-bond acceptors (Lipinski definition) is 9. The molecule has 0 aromatic heterocycles. The summed E-state index contributed by atoms with van der Waals surface area (Å²) in [6.45, 7) is 25.5. The molecule has 2 atom stereocenters.